The summed E-state index contributed by atoms with van der Waals surface area (Å²) in [7, 11) is 0. The molecule has 0 spiro atoms. The van der Waals surface area contributed by atoms with Gasteiger partial charge in [-0.3, -0.25) is 5.32 Å². The fourth-order valence-electron chi connectivity index (χ4n) is 1.66. The minimum Gasteiger partial charge on any atom is -0.396 e. The van der Waals surface area contributed by atoms with Gasteiger partial charge in [-0.2, -0.15) is 0 Å². The van der Waals surface area contributed by atoms with Crippen molar-refractivity contribution in [3.05, 3.63) is 0 Å². The second-order valence-electron chi connectivity index (χ2n) is 5.20. The number of hydrogen-bond acceptors (Lipinski definition) is 3. The summed E-state index contributed by atoms with van der Waals surface area (Å²) in [6.45, 7) is 11.9. The van der Waals surface area contributed by atoms with Crippen LogP contribution >= 0.6 is 0 Å². The number of aliphatic hydroxyl groups excluding tert-OH is 1. The molecule has 0 aliphatic heterocycles. The molecule has 2 N–H and O–H groups in total. The maximum absolute atomic E-state index is 9.17. The maximum Gasteiger partial charge on any atom is 0.0969 e. The first kappa shape index (κ1) is 13.9. The van der Waals surface area contributed by atoms with Crippen LogP contribution in [0.1, 0.15) is 41.0 Å². The minimum atomic E-state index is -0.0390. The number of nitrogens with one attached hydrogen (secondary N) is 1. The Morgan fingerprint density at radius 2 is 1.79 bits per heavy atom. The Kier molecular flexibility index (Phi) is 5.64. The van der Waals surface area contributed by atoms with Gasteiger partial charge < -0.3 is 9.84 Å². The molecule has 0 atom stereocenters. The highest BCUT2D eigenvalue weighted by Crippen LogP contribution is 2.26. The van der Waals surface area contributed by atoms with Gasteiger partial charge in [0.15, 0.2) is 0 Å². The standard InChI is InChI=1S/C11H25NO2/c1-6-14-9-12-11(4,5)7-10(2,3)8-13/h12-13H,6-9H2,1-5H3. The number of aliphatic hydroxyl groups is 1. The Morgan fingerprint density at radius 1 is 1.21 bits per heavy atom. The molecule has 0 bridgehead atoms. The van der Waals surface area contributed by atoms with Gasteiger partial charge in [0, 0.05) is 18.8 Å². The normalized spacial score (nSPS) is 13.3. The SMILES string of the molecule is CCOCNC(C)(C)CC(C)(C)CO. The fraction of sp³-hybridized carbons (Fsp3) is 1.00. The van der Waals surface area contributed by atoms with Gasteiger partial charge in [0.05, 0.1) is 6.73 Å². The first-order valence-corrected chi connectivity index (χ1v) is 5.26. The maximum atomic E-state index is 9.17. The largest absolute Gasteiger partial charge is 0.396 e. The van der Waals surface area contributed by atoms with Gasteiger partial charge in [0.1, 0.15) is 0 Å². The van der Waals surface area contributed by atoms with Crippen molar-refractivity contribution in [3.63, 3.8) is 0 Å². The monoisotopic (exact) mass is 203 g/mol. The quantitative estimate of drug-likeness (QED) is 0.489. The molecule has 0 aromatic carbocycles. The molecule has 0 rings (SSSR count). The van der Waals surface area contributed by atoms with Gasteiger partial charge in [-0.1, -0.05) is 13.8 Å². The second-order valence-corrected chi connectivity index (χ2v) is 5.20. The molecular formula is C11H25NO2. The van der Waals surface area contributed by atoms with Crippen molar-refractivity contribution in [2.75, 3.05) is 19.9 Å². The molecule has 0 saturated carbocycles. The third-order valence-corrected chi connectivity index (χ3v) is 2.21. The summed E-state index contributed by atoms with van der Waals surface area (Å²) in [5, 5.41) is 12.5. The van der Waals surface area contributed by atoms with Crippen LogP contribution in [0.25, 0.3) is 0 Å². The van der Waals surface area contributed by atoms with Crippen LogP contribution in [0.15, 0.2) is 0 Å². The summed E-state index contributed by atoms with van der Waals surface area (Å²) < 4.78 is 5.24. The summed E-state index contributed by atoms with van der Waals surface area (Å²) in [5.41, 5.74) is -0.0376. The molecule has 0 heterocycles. The summed E-state index contributed by atoms with van der Waals surface area (Å²) >= 11 is 0. The van der Waals surface area contributed by atoms with Crippen molar-refractivity contribution in [3.8, 4) is 0 Å². The average Bonchev–Trinajstić information content (AvgIpc) is 2.03. The van der Waals surface area contributed by atoms with Crippen molar-refractivity contribution in [1.82, 2.24) is 5.32 Å². The van der Waals surface area contributed by atoms with Crippen LogP contribution in [-0.4, -0.2) is 30.6 Å². The second kappa shape index (κ2) is 5.69. The van der Waals surface area contributed by atoms with Gasteiger partial charge in [0.2, 0.25) is 0 Å². The summed E-state index contributed by atoms with van der Waals surface area (Å²) in [5.74, 6) is 0. The molecule has 0 amide bonds. The summed E-state index contributed by atoms with van der Waals surface area (Å²) in [6.07, 6.45) is 0.920. The molecule has 0 aliphatic carbocycles. The van der Waals surface area contributed by atoms with Crippen LogP contribution in [0.3, 0.4) is 0 Å². The van der Waals surface area contributed by atoms with Gasteiger partial charge in [-0.15, -0.1) is 0 Å². The van der Waals surface area contributed by atoms with E-state index in [4.69, 9.17) is 9.84 Å². The molecule has 0 aromatic rings. The predicted molar refractivity (Wildman–Crippen MR) is 59.2 cm³/mol. The molecule has 14 heavy (non-hydrogen) atoms. The van der Waals surface area contributed by atoms with E-state index in [-0.39, 0.29) is 17.6 Å². The van der Waals surface area contributed by atoms with E-state index in [0.717, 1.165) is 13.0 Å². The molecule has 0 fully saturated rings. The van der Waals surface area contributed by atoms with Gasteiger partial charge in [-0.25, -0.2) is 0 Å². The van der Waals surface area contributed by atoms with E-state index in [1.54, 1.807) is 0 Å². The van der Waals surface area contributed by atoms with E-state index in [0.29, 0.717) is 6.73 Å². The number of ether oxygens (including phenoxy) is 1. The smallest absolute Gasteiger partial charge is 0.0969 e. The lowest BCUT2D eigenvalue weighted by Gasteiger charge is -2.34. The summed E-state index contributed by atoms with van der Waals surface area (Å²) in [4.78, 5) is 0. The van der Waals surface area contributed by atoms with Crippen LogP contribution in [0.4, 0.5) is 0 Å². The highest BCUT2D eigenvalue weighted by molar-refractivity contribution is 4.84. The van der Waals surface area contributed by atoms with Crippen molar-refractivity contribution in [2.24, 2.45) is 5.41 Å². The first-order valence-electron chi connectivity index (χ1n) is 5.26. The first-order chi connectivity index (χ1) is 6.33. The van der Waals surface area contributed by atoms with E-state index in [1.807, 2.05) is 6.92 Å². The zero-order valence-corrected chi connectivity index (χ0v) is 10.2. The molecule has 0 aliphatic rings. The van der Waals surface area contributed by atoms with E-state index < -0.39 is 0 Å². The van der Waals surface area contributed by atoms with E-state index in [1.165, 1.54) is 0 Å². The Labute approximate surface area is 87.8 Å². The van der Waals surface area contributed by atoms with Gasteiger partial charge in [0.25, 0.3) is 0 Å². The zero-order chi connectivity index (χ0) is 11.2. The third-order valence-electron chi connectivity index (χ3n) is 2.21. The van der Waals surface area contributed by atoms with Gasteiger partial charge >= 0.3 is 0 Å². The lowest BCUT2D eigenvalue weighted by molar-refractivity contribution is 0.0745. The molecule has 0 saturated heterocycles. The Balaban J connectivity index is 3.93. The van der Waals surface area contributed by atoms with E-state index in [9.17, 15) is 0 Å². The lowest BCUT2D eigenvalue weighted by atomic mass is 9.81. The molecular weight excluding hydrogens is 178 g/mol. The van der Waals surface area contributed by atoms with Crippen LogP contribution < -0.4 is 5.32 Å². The third kappa shape index (κ3) is 6.35. The average molecular weight is 203 g/mol. The van der Waals surface area contributed by atoms with Crippen LogP contribution in [-0.2, 0) is 4.74 Å². The van der Waals surface area contributed by atoms with Gasteiger partial charge in [-0.05, 0) is 32.6 Å². The number of rotatable bonds is 7. The highest BCUT2D eigenvalue weighted by Gasteiger charge is 2.27. The van der Waals surface area contributed by atoms with Crippen molar-refractivity contribution >= 4 is 0 Å². The Bertz CT molecular complexity index is 155. The highest BCUT2D eigenvalue weighted by atomic mass is 16.5. The molecule has 0 unspecified atom stereocenters. The van der Waals surface area contributed by atoms with E-state index in [2.05, 4.69) is 33.0 Å². The topological polar surface area (TPSA) is 41.5 Å². The fourth-order valence-corrected chi connectivity index (χ4v) is 1.66. The Morgan fingerprint density at radius 3 is 2.21 bits per heavy atom. The number of hydrogen-bond donors (Lipinski definition) is 2. The molecule has 3 nitrogen and oxygen atoms in total. The van der Waals surface area contributed by atoms with E-state index >= 15 is 0 Å². The van der Waals surface area contributed by atoms with Crippen LogP contribution in [0.5, 0.6) is 0 Å². The van der Waals surface area contributed by atoms with Crippen molar-refractivity contribution in [2.45, 2.75) is 46.6 Å². The van der Waals surface area contributed by atoms with Crippen LogP contribution in [0.2, 0.25) is 0 Å². The molecule has 0 radical (unpaired) electrons. The zero-order valence-electron chi connectivity index (χ0n) is 10.2. The molecule has 3 heteroatoms. The van der Waals surface area contributed by atoms with Crippen molar-refractivity contribution < 1.29 is 9.84 Å². The van der Waals surface area contributed by atoms with Crippen LogP contribution in [0, 0.1) is 5.41 Å². The Hall–Kier alpha value is -0.120. The minimum absolute atomic E-state index is 0.00139. The molecule has 0 aromatic heterocycles. The molecule has 86 valence electrons. The van der Waals surface area contributed by atoms with Crippen molar-refractivity contribution in [1.29, 1.82) is 0 Å². The predicted octanol–water partition coefficient (Wildman–Crippen LogP) is 1.76. The summed E-state index contributed by atoms with van der Waals surface area (Å²) in [6, 6.07) is 0. The lowest BCUT2D eigenvalue weighted by Crippen LogP contribution is -2.44.